The molecule has 4 aliphatic rings. The lowest BCUT2D eigenvalue weighted by atomic mass is 9.53. The van der Waals surface area contributed by atoms with E-state index >= 15 is 0 Å². The van der Waals surface area contributed by atoms with Crippen LogP contribution in [0.25, 0.3) is 10.8 Å². The van der Waals surface area contributed by atoms with E-state index in [0.29, 0.717) is 21.3 Å². The summed E-state index contributed by atoms with van der Waals surface area (Å²) in [5.41, 5.74) is 1.45. The average molecular weight is 722 g/mol. The number of anilines is 3. The van der Waals surface area contributed by atoms with Crippen LogP contribution in [0, 0.1) is 17.8 Å². The van der Waals surface area contributed by atoms with Crippen LogP contribution in [-0.2, 0) is 0 Å². The van der Waals surface area contributed by atoms with E-state index in [1.54, 1.807) is 13.0 Å². The van der Waals surface area contributed by atoms with Crippen molar-refractivity contribution in [3.8, 4) is 11.5 Å². The summed E-state index contributed by atoms with van der Waals surface area (Å²) in [5, 5.41) is 53.8. The molecule has 4 saturated carbocycles. The van der Waals surface area contributed by atoms with Crippen molar-refractivity contribution in [3.63, 3.8) is 0 Å². The second kappa shape index (κ2) is 14.6. The van der Waals surface area contributed by atoms with Crippen LogP contribution in [0.1, 0.15) is 75.7 Å². The Balaban J connectivity index is 0.000000173. The lowest BCUT2D eigenvalue weighted by Gasteiger charge is -2.56. The van der Waals surface area contributed by atoms with E-state index in [0.717, 1.165) is 47.8 Å². The second-order valence-electron chi connectivity index (χ2n) is 14.0. The first kappa shape index (κ1) is 35.6. The van der Waals surface area contributed by atoms with Gasteiger partial charge in [-0.1, -0.05) is 59.6 Å². The van der Waals surface area contributed by atoms with Gasteiger partial charge in [-0.2, -0.15) is 0 Å². The molecule has 4 aromatic carbocycles. The highest BCUT2D eigenvalue weighted by molar-refractivity contribution is 6.31. The van der Waals surface area contributed by atoms with Crippen LogP contribution in [-0.4, -0.2) is 38.0 Å². The molecule has 2 unspecified atom stereocenters. The molecule has 8 rings (SSSR count). The molecule has 0 saturated heterocycles. The Labute approximate surface area is 300 Å². The third-order valence-corrected chi connectivity index (χ3v) is 10.5. The number of hydrogen-bond donors (Lipinski definition) is 8. The summed E-state index contributed by atoms with van der Waals surface area (Å²) >= 11 is 12.0. The lowest BCUT2D eigenvalue weighted by molar-refractivity contribution is -0.0127. The highest BCUT2D eigenvalue weighted by Gasteiger charge is 2.51. The van der Waals surface area contributed by atoms with Crippen LogP contribution in [0.15, 0.2) is 66.7 Å². The topological polar surface area (TPSA) is 163 Å². The molecule has 4 bridgehead atoms. The first-order valence-corrected chi connectivity index (χ1v) is 17.6. The van der Waals surface area contributed by atoms with Crippen LogP contribution < -0.4 is 21.3 Å². The number of carbonyl (C=O) groups excluding carboxylic acids is 2. The number of nitrogens with one attached hydrogen (secondary N) is 4. The van der Waals surface area contributed by atoms with E-state index in [2.05, 4.69) is 21.3 Å². The van der Waals surface area contributed by atoms with Crippen molar-refractivity contribution in [1.29, 1.82) is 0 Å². The fourth-order valence-electron chi connectivity index (χ4n) is 8.34. The van der Waals surface area contributed by atoms with E-state index in [1.807, 2.05) is 36.4 Å². The van der Waals surface area contributed by atoms with E-state index < -0.39 is 18.2 Å². The van der Waals surface area contributed by atoms with Gasteiger partial charge < -0.3 is 41.7 Å². The molecule has 4 amide bonds. The maximum atomic E-state index is 12.6. The molecule has 8 N–H and O–H groups in total. The number of hydrogen-bond acceptors (Lipinski definition) is 6. The molecule has 0 aromatic heterocycles. The van der Waals surface area contributed by atoms with Gasteiger partial charge in [-0.3, -0.25) is 0 Å². The summed E-state index contributed by atoms with van der Waals surface area (Å²) in [5.74, 6) is 1.88. The quantitative estimate of drug-likeness (QED) is 0.0927. The molecule has 4 fully saturated rings. The number of urea groups is 2. The number of aliphatic hydroxyl groups is 2. The van der Waals surface area contributed by atoms with Gasteiger partial charge in [0.1, 0.15) is 11.5 Å². The van der Waals surface area contributed by atoms with E-state index in [4.69, 9.17) is 23.2 Å². The third-order valence-electron chi connectivity index (χ3n) is 10.1. The minimum absolute atomic E-state index is 0.0971. The standard InChI is InChI=1S/C19H25ClN2O3.C19H17ClN2O3/c1-10(23)15-5-14(20)6-16(17(15)24)21-18(25)22-19-7-11-2-12(8-19)4-13(3-11)9-19;1-11(23)15-9-13(20)10-17(18(15)24)22-19(25)21-16-8-4-6-12-5-2-3-7-14(12)16/h5-6,10-13,23-24H,2-4,7-9H2,1H3,(H2,21,22,25);2-11,23-24H,1H3,(H2,21,22,25). The zero-order chi connectivity index (χ0) is 35.7. The van der Waals surface area contributed by atoms with Crippen LogP contribution in [0.4, 0.5) is 26.7 Å². The Hall–Kier alpha value is -4.22. The third kappa shape index (κ3) is 7.89. The van der Waals surface area contributed by atoms with Gasteiger partial charge in [0, 0.05) is 32.1 Å². The van der Waals surface area contributed by atoms with Gasteiger partial charge in [-0.25, -0.2) is 9.59 Å². The monoisotopic (exact) mass is 720 g/mol. The molecule has 2 atom stereocenters. The number of aliphatic hydroxyl groups excluding tert-OH is 2. The molecule has 50 heavy (non-hydrogen) atoms. The Morgan fingerprint density at radius 3 is 1.66 bits per heavy atom. The normalized spacial score (nSPS) is 23.0. The zero-order valence-corrected chi connectivity index (χ0v) is 29.4. The molecule has 4 aliphatic carbocycles. The molecule has 0 radical (unpaired) electrons. The summed E-state index contributed by atoms with van der Waals surface area (Å²) in [6.07, 6.45) is 5.35. The average Bonchev–Trinajstić information content (AvgIpc) is 3.03. The number of rotatable bonds is 6. The summed E-state index contributed by atoms with van der Waals surface area (Å²) in [6, 6.07) is 18.3. The molecule has 0 heterocycles. The van der Waals surface area contributed by atoms with Gasteiger partial charge in [0.25, 0.3) is 0 Å². The number of benzene rings is 4. The highest BCUT2D eigenvalue weighted by Crippen LogP contribution is 2.55. The van der Waals surface area contributed by atoms with Gasteiger partial charge >= 0.3 is 12.1 Å². The molecular weight excluding hydrogens is 679 g/mol. The molecule has 4 aromatic rings. The van der Waals surface area contributed by atoms with E-state index in [-0.39, 0.29) is 40.0 Å². The molecule has 12 heteroatoms. The van der Waals surface area contributed by atoms with Gasteiger partial charge in [-0.15, -0.1) is 0 Å². The summed E-state index contributed by atoms with van der Waals surface area (Å²) in [6.45, 7) is 3.05. The fraction of sp³-hybridized carbons (Fsp3) is 0.368. The van der Waals surface area contributed by atoms with Crippen LogP contribution >= 0.6 is 23.2 Å². The minimum atomic E-state index is -0.916. The molecule has 0 aliphatic heterocycles. The van der Waals surface area contributed by atoms with Crippen molar-refractivity contribution < 1.29 is 30.0 Å². The lowest BCUT2D eigenvalue weighted by Crippen LogP contribution is -2.60. The largest absolute Gasteiger partial charge is 0.505 e. The van der Waals surface area contributed by atoms with E-state index in [1.165, 1.54) is 50.5 Å². The van der Waals surface area contributed by atoms with E-state index in [9.17, 15) is 30.0 Å². The van der Waals surface area contributed by atoms with Gasteiger partial charge in [0.2, 0.25) is 0 Å². The van der Waals surface area contributed by atoms with Gasteiger partial charge in [-0.05, 0) is 106 Å². The Bertz CT molecular complexity index is 1880. The molecular formula is C38H42Cl2N4O6. The van der Waals surface area contributed by atoms with Crippen molar-refractivity contribution >= 4 is 63.1 Å². The maximum Gasteiger partial charge on any atom is 0.323 e. The minimum Gasteiger partial charge on any atom is -0.505 e. The maximum absolute atomic E-state index is 12.6. The number of carbonyl (C=O) groups is 2. The number of amides is 4. The van der Waals surface area contributed by atoms with Crippen LogP contribution in [0.5, 0.6) is 11.5 Å². The number of phenolic OH excluding ortho intramolecular Hbond substituents is 2. The van der Waals surface area contributed by atoms with Crippen molar-refractivity contribution in [2.24, 2.45) is 17.8 Å². The van der Waals surface area contributed by atoms with Gasteiger partial charge in [0.15, 0.2) is 0 Å². The Morgan fingerprint density at radius 2 is 1.14 bits per heavy atom. The van der Waals surface area contributed by atoms with Gasteiger partial charge in [0.05, 0.1) is 29.3 Å². The Morgan fingerprint density at radius 1 is 0.680 bits per heavy atom. The Kier molecular flexibility index (Phi) is 10.4. The van der Waals surface area contributed by atoms with Crippen molar-refractivity contribution in [1.82, 2.24) is 5.32 Å². The summed E-state index contributed by atoms with van der Waals surface area (Å²) < 4.78 is 0. The molecule has 264 valence electrons. The summed E-state index contributed by atoms with van der Waals surface area (Å²) in [7, 11) is 0. The first-order chi connectivity index (χ1) is 23.8. The second-order valence-corrected chi connectivity index (χ2v) is 14.9. The zero-order valence-electron chi connectivity index (χ0n) is 27.8. The fourth-order valence-corrected chi connectivity index (χ4v) is 8.79. The predicted molar refractivity (Wildman–Crippen MR) is 197 cm³/mol. The smallest absolute Gasteiger partial charge is 0.323 e. The molecule has 10 nitrogen and oxygen atoms in total. The van der Waals surface area contributed by atoms with Crippen molar-refractivity contribution in [2.75, 3.05) is 16.0 Å². The number of phenols is 2. The summed E-state index contributed by atoms with van der Waals surface area (Å²) in [4.78, 5) is 24.9. The number of halogens is 2. The van der Waals surface area contributed by atoms with Crippen LogP contribution in [0.3, 0.4) is 0 Å². The predicted octanol–water partition coefficient (Wildman–Crippen LogP) is 9.09. The highest BCUT2D eigenvalue weighted by atomic mass is 35.5. The number of aromatic hydroxyl groups is 2. The SMILES string of the molecule is CC(O)c1cc(Cl)cc(NC(=O)NC23CC4CC(CC(C4)C2)C3)c1O.CC(O)c1cc(Cl)cc(NC(=O)Nc2cccc3ccccc23)c1O. The van der Waals surface area contributed by atoms with Crippen molar-refractivity contribution in [2.45, 2.75) is 70.1 Å². The number of fused-ring (bicyclic) bond motifs is 1. The van der Waals surface area contributed by atoms with Crippen LogP contribution in [0.2, 0.25) is 10.0 Å². The first-order valence-electron chi connectivity index (χ1n) is 16.8. The molecule has 0 spiro atoms. The van der Waals surface area contributed by atoms with Crippen molar-refractivity contribution in [3.05, 3.63) is 87.9 Å².